The molecule has 0 radical (unpaired) electrons. The summed E-state index contributed by atoms with van der Waals surface area (Å²) in [5, 5.41) is 3.32. The van der Waals surface area contributed by atoms with E-state index >= 15 is 0 Å². The number of nitrogens with zero attached hydrogens (tertiary/aromatic N) is 1. The van der Waals surface area contributed by atoms with Crippen LogP contribution >= 0.6 is 15.9 Å². The highest BCUT2D eigenvalue weighted by Crippen LogP contribution is 2.23. The molecule has 0 aromatic carbocycles. The van der Waals surface area contributed by atoms with Gasteiger partial charge in [0.2, 0.25) is 0 Å². The number of nitrogens with one attached hydrogen (secondary N) is 1. The van der Waals surface area contributed by atoms with Crippen LogP contribution in [0.3, 0.4) is 0 Å². The lowest BCUT2D eigenvalue weighted by Gasteiger charge is -2.23. The number of rotatable bonds is 3. The van der Waals surface area contributed by atoms with Crippen LogP contribution in [0.2, 0.25) is 0 Å². The number of halogens is 1. The molecular weight excluding hydrogens is 304 g/mol. The van der Waals surface area contributed by atoms with Crippen LogP contribution in [0, 0.1) is 0 Å². The molecule has 1 N–H and O–H groups in total. The molecule has 0 bridgehead atoms. The molecule has 1 unspecified atom stereocenters. The predicted octanol–water partition coefficient (Wildman–Crippen LogP) is 1.51. The monoisotopic (exact) mass is 318 g/mol. The minimum Gasteiger partial charge on any atom is -0.306 e. The minimum atomic E-state index is -2.85. The third-order valence-electron chi connectivity index (χ3n) is 2.98. The largest absolute Gasteiger partial charge is 0.306 e. The first-order valence-electron chi connectivity index (χ1n) is 5.43. The van der Waals surface area contributed by atoms with Crippen LogP contribution in [0.25, 0.3) is 0 Å². The fraction of sp³-hybridized carbons (Fsp3) is 0.545. The van der Waals surface area contributed by atoms with E-state index in [1.54, 1.807) is 12.4 Å². The second kappa shape index (κ2) is 4.66. The molecule has 6 heteroatoms. The van der Waals surface area contributed by atoms with Gasteiger partial charge in [0.1, 0.15) is 0 Å². The number of aromatic nitrogens is 1. The van der Waals surface area contributed by atoms with Gasteiger partial charge in [-0.1, -0.05) is 0 Å². The standard InChI is InChI=1S/C11H15BrN2O2S/c1-11(2-3-17(15,16)8-11)14-6-9-4-10(12)7-13-5-9/h4-5,7,14H,2-3,6,8H2,1H3. The summed E-state index contributed by atoms with van der Waals surface area (Å²) in [5.41, 5.74) is 0.742. The SMILES string of the molecule is CC1(NCc2cncc(Br)c2)CCS(=O)(=O)C1. The highest BCUT2D eigenvalue weighted by molar-refractivity contribution is 9.10. The topological polar surface area (TPSA) is 59.1 Å². The molecule has 1 saturated heterocycles. The molecule has 1 atom stereocenters. The lowest BCUT2D eigenvalue weighted by atomic mass is 10.0. The minimum absolute atomic E-state index is 0.224. The summed E-state index contributed by atoms with van der Waals surface area (Å²) in [6, 6.07) is 1.98. The normalized spacial score (nSPS) is 27.2. The van der Waals surface area contributed by atoms with Crippen molar-refractivity contribution in [3.63, 3.8) is 0 Å². The lowest BCUT2D eigenvalue weighted by molar-refractivity contribution is 0.395. The van der Waals surface area contributed by atoms with Crippen LogP contribution in [-0.2, 0) is 16.4 Å². The molecule has 17 heavy (non-hydrogen) atoms. The summed E-state index contributed by atoms with van der Waals surface area (Å²) in [6.45, 7) is 2.60. The van der Waals surface area contributed by atoms with Gasteiger partial charge in [-0.3, -0.25) is 4.98 Å². The van der Waals surface area contributed by atoms with E-state index in [-0.39, 0.29) is 17.0 Å². The van der Waals surface area contributed by atoms with Gasteiger partial charge in [0.15, 0.2) is 9.84 Å². The third kappa shape index (κ3) is 3.50. The van der Waals surface area contributed by atoms with Crippen LogP contribution < -0.4 is 5.32 Å². The lowest BCUT2D eigenvalue weighted by Crippen LogP contribution is -2.42. The van der Waals surface area contributed by atoms with E-state index < -0.39 is 9.84 Å². The van der Waals surface area contributed by atoms with Crippen molar-refractivity contribution in [3.05, 3.63) is 28.5 Å². The van der Waals surface area contributed by atoms with Gasteiger partial charge in [0.05, 0.1) is 11.5 Å². The summed E-state index contributed by atoms with van der Waals surface area (Å²) in [7, 11) is -2.85. The van der Waals surface area contributed by atoms with Crippen LogP contribution in [0.4, 0.5) is 0 Å². The molecule has 4 nitrogen and oxygen atoms in total. The molecule has 0 aliphatic carbocycles. The van der Waals surface area contributed by atoms with Gasteiger partial charge in [0.25, 0.3) is 0 Å². The maximum atomic E-state index is 11.5. The second-order valence-electron chi connectivity index (χ2n) is 4.77. The molecule has 1 aromatic heterocycles. The van der Waals surface area contributed by atoms with Crippen molar-refractivity contribution in [2.45, 2.75) is 25.4 Å². The van der Waals surface area contributed by atoms with Gasteiger partial charge in [-0.05, 0) is 40.9 Å². The zero-order valence-corrected chi connectivity index (χ0v) is 12.0. The fourth-order valence-electron chi connectivity index (χ4n) is 2.02. The molecule has 0 spiro atoms. The maximum absolute atomic E-state index is 11.5. The van der Waals surface area contributed by atoms with Gasteiger partial charge in [-0.15, -0.1) is 0 Å². The first kappa shape index (κ1) is 13.0. The summed E-state index contributed by atoms with van der Waals surface area (Å²) >= 11 is 3.36. The number of hydrogen-bond donors (Lipinski definition) is 1. The first-order chi connectivity index (χ1) is 7.89. The Morgan fingerprint density at radius 1 is 1.53 bits per heavy atom. The van der Waals surface area contributed by atoms with E-state index in [4.69, 9.17) is 0 Å². The van der Waals surface area contributed by atoms with Gasteiger partial charge < -0.3 is 5.32 Å². The molecule has 2 rings (SSSR count). The zero-order chi connectivity index (χ0) is 12.5. The van der Waals surface area contributed by atoms with Crippen molar-refractivity contribution in [2.24, 2.45) is 0 Å². The van der Waals surface area contributed by atoms with Gasteiger partial charge in [-0.2, -0.15) is 0 Å². The Hall–Kier alpha value is -0.460. The average molecular weight is 319 g/mol. The van der Waals surface area contributed by atoms with Crippen molar-refractivity contribution in [2.75, 3.05) is 11.5 Å². The smallest absolute Gasteiger partial charge is 0.152 e. The molecule has 94 valence electrons. The molecule has 1 fully saturated rings. The van der Waals surface area contributed by atoms with Crippen LogP contribution in [-0.4, -0.2) is 30.4 Å². The second-order valence-corrected chi connectivity index (χ2v) is 7.87. The summed E-state index contributed by atoms with van der Waals surface area (Å²) in [4.78, 5) is 4.08. The molecule has 1 aliphatic heterocycles. The Balaban J connectivity index is 1.99. The van der Waals surface area contributed by atoms with Crippen molar-refractivity contribution in [3.8, 4) is 0 Å². The predicted molar refractivity (Wildman–Crippen MR) is 70.5 cm³/mol. The molecule has 1 aromatic rings. The zero-order valence-electron chi connectivity index (χ0n) is 9.61. The van der Waals surface area contributed by atoms with Gasteiger partial charge in [-0.25, -0.2) is 8.42 Å². The molecule has 0 saturated carbocycles. The molecule has 0 amide bonds. The number of pyridine rings is 1. The Kier molecular flexibility index (Phi) is 3.56. The van der Waals surface area contributed by atoms with Crippen molar-refractivity contribution in [1.82, 2.24) is 10.3 Å². The van der Waals surface area contributed by atoms with Gasteiger partial charge >= 0.3 is 0 Å². The maximum Gasteiger partial charge on any atom is 0.152 e. The van der Waals surface area contributed by atoms with Crippen LogP contribution in [0.15, 0.2) is 22.9 Å². The Morgan fingerprint density at radius 2 is 2.29 bits per heavy atom. The molecule has 2 heterocycles. The van der Waals surface area contributed by atoms with Crippen molar-refractivity contribution < 1.29 is 8.42 Å². The summed E-state index contributed by atoms with van der Waals surface area (Å²) < 4.78 is 23.8. The van der Waals surface area contributed by atoms with E-state index in [2.05, 4.69) is 26.2 Å². The van der Waals surface area contributed by atoms with E-state index in [1.165, 1.54) is 0 Å². The van der Waals surface area contributed by atoms with Crippen molar-refractivity contribution >= 4 is 25.8 Å². The van der Waals surface area contributed by atoms with Gasteiger partial charge in [0, 0.05) is 29.0 Å². The van der Waals surface area contributed by atoms with E-state index in [0.717, 1.165) is 10.0 Å². The van der Waals surface area contributed by atoms with E-state index in [0.29, 0.717) is 13.0 Å². The Morgan fingerprint density at radius 3 is 2.88 bits per heavy atom. The summed E-state index contributed by atoms with van der Waals surface area (Å²) in [5.74, 6) is 0.509. The van der Waals surface area contributed by atoms with E-state index in [9.17, 15) is 8.42 Å². The first-order valence-corrected chi connectivity index (χ1v) is 8.05. The Bertz CT molecular complexity index is 518. The average Bonchev–Trinajstić information content (AvgIpc) is 2.51. The third-order valence-corrected chi connectivity index (χ3v) is 5.32. The van der Waals surface area contributed by atoms with Crippen molar-refractivity contribution in [1.29, 1.82) is 0 Å². The number of hydrogen-bond acceptors (Lipinski definition) is 4. The Labute approximate surface area is 110 Å². The fourth-order valence-corrected chi connectivity index (χ4v) is 4.55. The van der Waals surface area contributed by atoms with Crippen LogP contribution in [0.5, 0.6) is 0 Å². The van der Waals surface area contributed by atoms with Crippen LogP contribution in [0.1, 0.15) is 18.9 Å². The number of sulfone groups is 1. The van der Waals surface area contributed by atoms with E-state index in [1.807, 2.05) is 13.0 Å². The quantitative estimate of drug-likeness (QED) is 0.917. The highest BCUT2D eigenvalue weighted by Gasteiger charge is 2.37. The highest BCUT2D eigenvalue weighted by atomic mass is 79.9. The molecular formula is C11H15BrN2O2S. The summed E-state index contributed by atoms with van der Waals surface area (Å²) in [6.07, 6.45) is 4.19. The molecule has 1 aliphatic rings.